The van der Waals surface area contributed by atoms with Crippen LogP contribution in [-0.2, 0) is 4.79 Å². The molecule has 152 valence electrons. The van der Waals surface area contributed by atoms with Gasteiger partial charge in [-0.1, -0.05) is 60.7 Å². The number of nitrogens with zero attached hydrogens (tertiary/aromatic N) is 3. The van der Waals surface area contributed by atoms with Crippen molar-refractivity contribution in [1.82, 2.24) is 9.78 Å². The van der Waals surface area contributed by atoms with E-state index in [2.05, 4.69) is 5.32 Å². The number of hydrogen-bond donors (Lipinski definition) is 1. The van der Waals surface area contributed by atoms with E-state index in [9.17, 15) is 14.9 Å². The third kappa shape index (κ3) is 3.36. The predicted molar refractivity (Wildman–Crippen MR) is 117 cm³/mol. The minimum absolute atomic E-state index is 0.00161. The van der Waals surface area contributed by atoms with Gasteiger partial charge in [-0.2, -0.15) is 5.10 Å². The summed E-state index contributed by atoms with van der Waals surface area (Å²) in [7, 11) is 0. The van der Waals surface area contributed by atoms with Gasteiger partial charge in [0.05, 0.1) is 16.3 Å². The molecule has 0 saturated heterocycles. The Kier molecular flexibility index (Phi) is 4.55. The van der Waals surface area contributed by atoms with Crippen LogP contribution in [0.1, 0.15) is 23.5 Å². The van der Waals surface area contributed by atoms with Gasteiger partial charge in [-0.15, -0.1) is 0 Å². The quantitative estimate of drug-likeness (QED) is 0.382. The summed E-state index contributed by atoms with van der Waals surface area (Å²) >= 11 is 0. The van der Waals surface area contributed by atoms with Gasteiger partial charge in [0.1, 0.15) is 5.82 Å². The van der Waals surface area contributed by atoms with Gasteiger partial charge < -0.3 is 5.32 Å². The van der Waals surface area contributed by atoms with E-state index in [0.29, 0.717) is 5.82 Å². The molecule has 1 aliphatic heterocycles. The summed E-state index contributed by atoms with van der Waals surface area (Å²) in [6.45, 7) is 0. The van der Waals surface area contributed by atoms with Crippen LogP contribution < -0.4 is 5.32 Å². The van der Waals surface area contributed by atoms with E-state index in [4.69, 9.17) is 5.10 Å². The van der Waals surface area contributed by atoms with E-state index in [1.54, 1.807) is 16.8 Å². The van der Waals surface area contributed by atoms with Crippen molar-refractivity contribution in [3.05, 3.63) is 106 Å². The smallest absolute Gasteiger partial charge is 0.269 e. The summed E-state index contributed by atoms with van der Waals surface area (Å²) < 4.78 is 1.74. The van der Waals surface area contributed by atoms with Crippen molar-refractivity contribution in [2.45, 2.75) is 12.3 Å². The molecule has 7 nitrogen and oxygen atoms in total. The van der Waals surface area contributed by atoms with Gasteiger partial charge in [0.2, 0.25) is 5.91 Å². The Hall–Kier alpha value is -4.26. The van der Waals surface area contributed by atoms with Crippen molar-refractivity contribution in [1.29, 1.82) is 0 Å². The van der Waals surface area contributed by atoms with Gasteiger partial charge in [-0.25, -0.2) is 4.68 Å². The zero-order valence-corrected chi connectivity index (χ0v) is 16.4. The highest BCUT2D eigenvalue weighted by atomic mass is 16.6. The summed E-state index contributed by atoms with van der Waals surface area (Å²) in [4.78, 5) is 23.6. The van der Waals surface area contributed by atoms with Crippen LogP contribution in [0.25, 0.3) is 16.9 Å². The number of non-ortho nitro benzene ring substituents is 1. The van der Waals surface area contributed by atoms with Gasteiger partial charge >= 0.3 is 0 Å². The molecule has 7 heteroatoms. The molecule has 1 amide bonds. The number of nitrogens with one attached hydrogen (secondary N) is 1. The lowest BCUT2D eigenvalue weighted by molar-refractivity contribution is -0.384. The van der Waals surface area contributed by atoms with E-state index < -0.39 is 4.92 Å². The lowest BCUT2D eigenvalue weighted by Crippen LogP contribution is -2.24. The molecule has 3 aromatic carbocycles. The van der Waals surface area contributed by atoms with Crippen LogP contribution in [-0.4, -0.2) is 20.6 Å². The van der Waals surface area contributed by atoms with E-state index in [-0.39, 0.29) is 23.9 Å². The third-order valence-electron chi connectivity index (χ3n) is 5.45. The average Bonchev–Trinajstić information content (AvgIpc) is 3.19. The molecular weight excluding hydrogens is 392 g/mol. The molecule has 1 N–H and O–H groups in total. The number of anilines is 1. The fraction of sp³-hybridized carbons (Fsp3) is 0.0833. The molecular formula is C24H18N4O3. The second-order valence-electron chi connectivity index (χ2n) is 7.38. The lowest BCUT2D eigenvalue weighted by atomic mass is 9.84. The summed E-state index contributed by atoms with van der Waals surface area (Å²) in [6, 6.07) is 25.8. The van der Waals surface area contributed by atoms with Crippen LogP contribution in [0.2, 0.25) is 0 Å². The monoisotopic (exact) mass is 410 g/mol. The first kappa shape index (κ1) is 18.7. The molecule has 1 atom stereocenters. The van der Waals surface area contributed by atoms with Gasteiger partial charge in [-0.05, 0) is 17.7 Å². The minimum atomic E-state index is -0.418. The summed E-state index contributed by atoms with van der Waals surface area (Å²) in [5.41, 5.74) is 4.06. The molecule has 0 aliphatic carbocycles. The van der Waals surface area contributed by atoms with Crippen molar-refractivity contribution in [3.63, 3.8) is 0 Å². The summed E-state index contributed by atoms with van der Waals surface area (Å²) in [5, 5.41) is 19.2. The first-order chi connectivity index (χ1) is 15.1. The Morgan fingerprint density at radius 1 is 0.968 bits per heavy atom. The number of aromatic nitrogens is 2. The van der Waals surface area contributed by atoms with E-state index in [0.717, 1.165) is 28.1 Å². The molecule has 1 unspecified atom stereocenters. The number of benzene rings is 3. The topological polar surface area (TPSA) is 90.1 Å². The maximum Gasteiger partial charge on any atom is 0.269 e. The van der Waals surface area contributed by atoms with Gasteiger partial charge in [-0.3, -0.25) is 14.9 Å². The van der Waals surface area contributed by atoms with Crippen LogP contribution in [0.5, 0.6) is 0 Å². The van der Waals surface area contributed by atoms with Crippen LogP contribution in [0.3, 0.4) is 0 Å². The number of fused-ring (bicyclic) bond motifs is 1. The van der Waals surface area contributed by atoms with E-state index in [1.807, 2.05) is 66.7 Å². The average molecular weight is 410 g/mol. The first-order valence-corrected chi connectivity index (χ1v) is 9.90. The van der Waals surface area contributed by atoms with Crippen LogP contribution in [0, 0.1) is 10.1 Å². The second-order valence-corrected chi connectivity index (χ2v) is 7.38. The maximum atomic E-state index is 12.7. The fourth-order valence-electron chi connectivity index (χ4n) is 4.06. The first-order valence-electron chi connectivity index (χ1n) is 9.90. The number of amides is 1. The lowest BCUT2D eigenvalue weighted by Gasteiger charge is -2.24. The number of carbonyl (C=O) groups excluding carboxylic acids is 1. The number of nitro groups is 1. The van der Waals surface area contributed by atoms with Crippen molar-refractivity contribution in [2.24, 2.45) is 0 Å². The van der Waals surface area contributed by atoms with Gasteiger partial charge in [0, 0.05) is 35.6 Å². The van der Waals surface area contributed by atoms with Crippen LogP contribution in [0.15, 0.2) is 84.9 Å². The standard InChI is InChI=1S/C24H18N4O3/c29-21-15-20(17-10-7-13-19(14-17)28(30)31)22-23(16-8-3-1-4-9-16)26-27(24(22)25-21)18-11-5-2-6-12-18/h1-14,20H,15H2,(H,25,29). The largest absolute Gasteiger partial charge is 0.310 e. The predicted octanol–water partition coefficient (Wildman–Crippen LogP) is 4.92. The highest BCUT2D eigenvalue weighted by Gasteiger charge is 2.34. The van der Waals surface area contributed by atoms with Crippen LogP contribution in [0.4, 0.5) is 11.5 Å². The molecule has 0 fully saturated rings. The molecule has 1 aromatic heterocycles. The second kappa shape index (κ2) is 7.53. The molecule has 0 bridgehead atoms. The number of nitro benzene ring substituents is 1. The SMILES string of the molecule is O=C1CC(c2cccc([N+](=O)[O-])c2)c2c(-c3ccccc3)nn(-c3ccccc3)c2N1. The third-order valence-corrected chi connectivity index (χ3v) is 5.45. The Bertz CT molecular complexity index is 1280. The molecule has 0 spiro atoms. The Morgan fingerprint density at radius 3 is 2.39 bits per heavy atom. The Balaban J connectivity index is 1.76. The molecule has 5 rings (SSSR count). The highest BCUT2D eigenvalue weighted by Crippen LogP contribution is 2.44. The normalized spacial score (nSPS) is 15.2. The number of para-hydroxylation sites is 1. The number of rotatable bonds is 4. The van der Waals surface area contributed by atoms with Crippen molar-refractivity contribution in [3.8, 4) is 16.9 Å². The van der Waals surface area contributed by atoms with Crippen molar-refractivity contribution in [2.75, 3.05) is 5.32 Å². The molecule has 0 radical (unpaired) electrons. The maximum absolute atomic E-state index is 12.7. The molecule has 0 saturated carbocycles. The highest BCUT2D eigenvalue weighted by molar-refractivity contribution is 5.96. The number of carbonyl (C=O) groups is 1. The van der Waals surface area contributed by atoms with E-state index >= 15 is 0 Å². The summed E-state index contributed by atoms with van der Waals surface area (Å²) in [5.74, 6) is 0.0924. The Labute approximate surface area is 178 Å². The molecule has 4 aromatic rings. The van der Waals surface area contributed by atoms with Crippen molar-refractivity contribution < 1.29 is 9.72 Å². The minimum Gasteiger partial charge on any atom is -0.310 e. The zero-order chi connectivity index (χ0) is 21.4. The molecule has 31 heavy (non-hydrogen) atoms. The zero-order valence-electron chi connectivity index (χ0n) is 16.4. The van der Waals surface area contributed by atoms with Crippen molar-refractivity contribution >= 4 is 17.4 Å². The Morgan fingerprint density at radius 2 is 1.68 bits per heavy atom. The fourth-order valence-corrected chi connectivity index (χ4v) is 4.06. The molecule has 2 heterocycles. The van der Waals surface area contributed by atoms with E-state index in [1.165, 1.54) is 6.07 Å². The number of hydrogen-bond acceptors (Lipinski definition) is 4. The van der Waals surface area contributed by atoms with Gasteiger partial charge in [0.25, 0.3) is 5.69 Å². The van der Waals surface area contributed by atoms with Gasteiger partial charge in [0.15, 0.2) is 0 Å². The summed E-state index contributed by atoms with van der Waals surface area (Å²) in [6.07, 6.45) is 0.189. The van der Waals surface area contributed by atoms with Crippen LogP contribution >= 0.6 is 0 Å². The molecule has 1 aliphatic rings.